The van der Waals surface area contributed by atoms with Gasteiger partial charge in [-0.25, -0.2) is 0 Å². The van der Waals surface area contributed by atoms with Gasteiger partial charge in [-0.2, -0.15) is 0 Å². The molecule has 2 heteroatoms. The van der Waals surface area contributed by atoms with Gasteiger partial charge >= 0.3 is 0 Å². The molecule has 0 radical (unpaired) electrons. The maximum atomic E-state index is 10.3. The molecule has 1 rings (SSSR count). The molecule has 0 N–H and O–H groups in total. The number of hydrogen-bond acceptors (Lipinski definition) is 2. The van der Waals surface area contributed by atoms with Crippen LogP contribution in [0.5, 0.6) is 5.75 Å². The number of aldehydes is 1. The van der Waals surface area contributed by atoms with Crippen LogP contribution in [0.3, 0.4) is 0 Å². The fourth-order valence-corrected chi connectivity index (χ4v) is 1.23. The van der Waals surface area contributed by atoms with Crippen molar-refractivity contribution in [1.29, 1.82) is 0 Å². The molecule has 15 heavy (non-hydrogen) atoms. The zero-order valence-corrected chi connectivity index (χ0v) is 9.40. The summed E-state index contributed by atoms with van der Waals surface area (Å²) in [5, 5.41) is 0. The molecule has 0 spiro atoms. The molecule has 0 bridgehead atoms. The Morgan fingerprint density at radius 1 is 1.27 bits per heavy atom. The molecule has 1 aromatic rings. The molecule has 0 aliphatic heterocycles. The SMILES string of the molecule is CC(C)CCOc1ccc(CC=O)cc1. The van der Waals surface area contributed by atoms with E-state index in [4.69, 9.17) is 4.74 Å². The first-order valence-corrected chi connectivity index (χ1v) is 5.37. The van der Waals surface area contributed by atoms with Crippen LogP contribution in [0.25, 0.3) is 0 Å². The van der Waals surface area contributed by atoms with Crippen LogP contribution >= 0.6 is 0 Å². The van der Waals surface area contributed by atoms with E-state index in [1.165, 1.54) is 0 Å². The summed E-state index contributed by atoms with van der Waals surface area (Å²) in [5.41, 5.74) is 1.03. The summed E-state index contributed by atoms with van der Waals surface area (Å²) in [6, 6.07) is 7.69. The van der Waals surface area contributed by atoms with Crippen LogP contribution in [-0.4, -0.2) is 12.9 Å². The standard InChI is InChI=1S/C13H18O2/c1-11(2)8-10-15-13-5-3-12(4-6-13)7-9-14/h3-6,9,11H,7-8,10H2,1-2H3. The van der Waals surface area contributed by atoms with Crippen molar-refractivity contribution in [2.24, 2.45) is 5.92 Å². The smallest absolute Gasteiger partial charge is 0.124 e. The molecule has 0 amide bonds. The first-order chi connectivity index (χ1) is 7.22. The Morgan fingerprint density at radius 3 is 2.47 bits per heavy atom. The van der Waals surface area contributed by atoms with Gasteiger partial charge in [0.15, 0.2) is 0 Å². The number of ether oxygens (including phenoxy) is 1. The summed E-state index contributed by atoms with van der Waals surface area (Å²) in [6.45, 7) is 5.11. The quantitative estimate of drug-likeness (QED) is 0.669. The normalized spacial score (nSPS) is 10.3. The average molecular weight is 206 g/mol. The molecular weight excluding hydrogens is 188 g/mol. The second kappa shape index (κ2) is 6.23. The molecule has 0 fully saturated rings. The molecule has 0 heterocycles. The molecule has 0 atom stereocenters. The van der Waals surface area contributed by atoms with Crippen molar-refractivity contribution in [3.63, 3.8) is 0 Å². The fourth-order valence-electron chi connectivity index (χ4n) is 1.23. The van der Waals surface area contributed by atoms with Crippen molar-refractivity contribution in [3.05, 3.63) is 29.8 Å². The van der Waals surface area contributed by atoms with Gasteiger partial charge in [0.2, 0.25) is 0 Å². The predicted octanol–water partition coefficient (Wildman–Crippen LogP) is 2.85. The lowest BCUT2D eigenvalue weighted by molar-refractivity contribution is -0.107. The number of hydrogen-bond donors (Lipinski definition) is 0. The number of rotatable bonds is 6. The van der Waals surface area contributed by atoms with E-state index in [1.54, 1.807) is 0 Å². The van der Waals surface area contributed by atoms with Crippen molar-refractivity contribution < 1.29 is 9.53 Å². The van der Waals surface area contributed by atoms with E-state index in [1.807, 2.05) is 24.3 Å². The molecule has 0 aliphatic rings. The van der Waals surface area contributed by atoms with Gasteiger partial charge in [0.25, 0.3) is 0 Å². The maximum Gasteiger partial charge on any atom is 0.124 e. The highest BCUT2D eigenvalue weighted by Gasteiger charge is 1.97. The van der Waals surface area contributed by atoms with E-state index in [0.717, 1.165) is 30.6 Å². The first-order valence-electron chi connectivity index (χ1n) is 5.37. The highest BCUT2D eigenvalue weighted by atomic mass is 16.5. The average Bonchev–Trinajstić information content (AvgIpc) is 2.20. The Morgan fingerprint density at radius 2 is 1.93 bits per heavy atom. The van der Waals surface area contributed by atoms with Crippen molar-refractivity contribution in [2.75, 3.05) is 6.61 Å². The summed E-state index contributed by atoms with van der Waals surface area (Å²) in [4.78, 5) is 10.3. The summed E-state index contributed by atoms with van der Waals surface area (Å²) < 4.78 is 5.56. The molecule has 0 aromatic heterocycles. The van der Waals surface area contributed by atoms with E-state index >= 15 is 0 Å². The van der Waals surface area contributed by atoms with Crippen molar-refractivity contribution in [2.45, 2.75) is 26.7 Å². The minimum absolute atomic E-state index is 0.478. The Labute approximate surface area is 91.3 Å². The van der Waals surface area contributed by atoms with Crippen LogP contribution in [0.4, 0.5) is 0 Å². The summed E-state index contributed by atoms with van der Waals surface area (Å²) in [5.74, 6) is 1.55. The van der Waals surface area contributed by atoms with Gasteiger partial charge in [-0.3, -0.25) is 0 Å². The Balaban J connectivity index is 2.39. The lowest BCUT2D eigenvalue weighted by atomic mass is 10.1. The fraction of sp³-hybridized carbons (Fsp3) is 0.462. The molecule has 82 valence electrons. The highest BCUT2D eigenvalue weighted by molar-refractivity contribution is 5.55. The van der Waals surface area contributed by atoms with Gasteiger partial charge < -0.3 is 9.53 Å². The van der Waals surface area contributed by atoms with E-state index < -0.39 is 0 Å². The maximum absolute atomic E-state index is 10.3. The van der Waals surface area contributed by atoms with E-state index in [0.29, 0.717) is 12.3 Å². The van der Waals surface area contributed by atoms with E-state index in [9.17, 15) is 4.79 Å². The van der Waals surface area contributed by atoms with Gasteiger partial charge in [-0.05, 0) is 30.0 Å². The number of carbonyl (C=O) groups excluding carboxylic acids is 1. The molecule has 0 saturated carbocycles. The van der Waals surface area contributed by atoms with Gasteiger partial charge in [0.1, 0.15) is 12.0 Å². The second-order valence-corrected chi connectivity index (χ2v) is 4.05. The molecule has 0 aliphatic carbocycles. The third kappa shape index (κ3) is 4.63. The van der Waals surface area contributed by atoms with Crippen molar-refractivity contribution >= 4 is 6.29 Å². The molecule has 1 aromatic carbocycles. The van der Waals surface area contributed by atoms with Gasteiger partial charge in [0, 0.05) is 6.42 Å². The zero-order valence-electron chi connectivity index (χ0n) is 9.40. The minimum atomic E-state index is 0.478. The van der Waals surface area contributed by atoms with Crippen LogP contribution in [0.1, 0.15) is 25.8 Å². The van der Waals surface area contributed by atoms with Crippen LogP contribution in [-0.2, 0) is 11.2 Å². The molecule has 2 nitrogen and oxygen atoms in total. The third-order valence-electron chi connectivity index (χ3n) is 2.21. The van der Waals surface area contributed by atoms with Crippen LogP contribution in [0, 0.1) is 5.92 Å². The minimum Gasteiger partial charge on any atom is -0.494 e. The predicted molar refractivity (Wildman–Crippen MR) is 61.2 cm³/mol. The monoisotopic (exact) mass is 206 g/mol. The Bertz CT molecular complexity index is 288. The van der Waals surface area contributed by atoms with E-state index in [2.05, 4.69) is 13.8 Å². The zero-order chi connectivity index (χ0) is 11.1. The summed E-state index contributed by atoms with van der Waals surface area (Å²) in [6.07, 6.45) is 2.46. The highest BCUT2D eigenvalue weighted by Crippen LogP contribution is 2.13. The number of carbonyl (C=O) groups is 1. The lowest BCUT2D eigenvalue weighted by Gasteiger charge is -2.08. The number of benzene rings is 1. The van der Waals surface area contributed by atoms with Crippen LogP contribution < -0.4 is 4.74 Å². The van der Waals surface area contributed by atoms with Crippen LogP contribution in [0.2, 0.25) is 0 Å². The largest absolute Gasteiger partial charge is 0.494 e. The van der Waals surface area contributed by atoms with Gasteiger partial charge in [0.05, 0.1) is 6.61 Å². The van der Waals surface area contributed by atoms with Crippen molar-refractivity contribution in [3.8, 4) is 5.75 Å². The summed E-state index contributed by atoms with van der Waals surface area (Å²) in [7, 11) is 0. The van der Waals surface area contributed by atoms with Crippen molar-refractivity contribution in [1.82, 2.24) is 0 Å². The van der Waals surface area contributed by atoms with Gasteiger partial charge in [-0.15, -0.1) is 0 Å². The first kappa shape index (κ1) is 11.8. The topological polar surface area (TPSA) is 26.3 Å². The third-order valence-corrected chi connectivity index (χ3v) is 2.21. The molecular formula is C13H18O2. The second-order valence-electron chi connectivity index (χ2n) is 4.05. The summed E-state index contributed by atoms with van der Waals surface area (Å²) >= 11 is 0. The van der Waals surface area contributed by atoms with Gasteiger partial charge in [-0.1, -0.05) is 26.0 Å². The Kier molecular flexibility index (Phi) is 4.88. The van der Waals surface area contributed by atoms with Crippen LogP contribution in [0.15, 0.2) is 24.3 Å². The molecule has 0 unspecified atom stereocenters. The Hall–Kier alpha value is -1.31. The van der Waals surface area contributed by atoms with E-state index in [-0.39, 0.29) is 0 Å². The molecule has 0 saturated heterocycles. The lowest BCUT2D eigenvalue weighted by Crippen LogP contribution is -2.01.